The van der Waals surface area contributed by atoms with Crippen LogP contribution in [0.1, 0.15) is 57.9 Å². The van der Waals surface area contributed by atoms with Crippen LogP contribution in [0.4, 0.5) is 0 Å². The van der Waals surface area contributed by atoms with Crippen LogP contribution in [0.2, 0.25) is 0 Å². The van der Waals surface area contributed by atoms with Crippen molar-refractivity contribution in [2.75, 3.05) is 0 Å². The summed E-state index contributed by atoms with van der Waals surface area (Å²) in [5, 5.41) is 0. The summed E-state index contributed by atoms with van der Waals surface area (Å²) in [4.78, 5) is 20.5. The molecular weight excluding hydrogens is 372 g/mol. The number of rotatable bonds is 10. The maximum absolute atomic E-state index is 11.4. The highest BCUT2D eigenvalue weighted by Crippen LogP contribution is 2.23. The Morgan fingerprint density at radius 2 is 1.40 bits per heavy atom. The molecule has 3 aromatic rings. The molecule has 0 aliphatic carbocycles. The van der Waals surface area contributed by atoms with E-state index in [1.54, 1.807) is 19.1 Å². The molecule has 30 heavy (non-hydrogen) atoms. The summed E-state index contributed by atoms with van der Waals surface area (Å²) in [6, 6.07) is 16.0. The number of hydrogen-bond donors (Lipinski definition) is 0. The van der Waals surface area contributed by atoms with E-state index >= 15 is 0 Å². The summed E-state index contributed by atoms with van der Waals surface area (Å²) in [5.41, 5.74) is 4.31. The molecule has 0 N–H and O–H groups in total. The van der Waals surface area contributed by atoms with Gasteiger partial charge in [-0.15, -0.1) is 0 Å². The number of carbonyl (C=O) groups excluding carboxylic acids is 1. The van der Waals surface area contributed by atoms with E-state index in [9.17, 15) is 4.79 Å². The Kier molecular flexibility index (Phi) is 8.13. The van der Waals surface area contributed by atoms with Crippen molar-refractivity contribution in [3.63, 3.8) is 0 Å². The lowest BCUT2D eigenvalue weighted by Crippen LogP contribution is -2.05. The van der Waals surface area contributed by atoms with Gasteiger partial charge in [0.2, 0.25) is 0 Å². The van der Waals surface area contributed by atoms with Crippen molar-refractivity contribution < 1.29 is 9.53 Å². The number of nitrogens with zero attached hydrogens (tertiary/aromatic N) is 2. The van der Waals surface area contributed by atoms with Gasteiger partial charge in [-0.1, -0.05) is 75.9 Å². The molecule has 2 aromatic carbocycles. The molecule has 3 rings (SSSR count). The highest BCUT2D eigenvalue weighted by atomic mass is 16.5. The van der Waals surface area contributed by atoms with Crippen molar-refractivity contribution in [1.82, 2.24) is 9.97 Å². The SMILES string of the molecule is CCCCCCCc1ccc(-c2ncc(-c3ccc(OC(=O)CC)cc3)cn2)cc1. The first kappa shape index (κ1) is 21.7. The summed E-state index contributed by atoms with van der Waals surface area (Å²) in [5.74, 6) is 1.04. The lowest BCUT2D eigenvalue weighted by molar-refractivity contribution is -0.134. The normalized spacial score (nSPS) is 10.7. The Hall–Kier alpha value is -3.01. The molecule has 0 fully saturated rings. The standard InChI is InChI=1S/C26H30N2O2/c1-3-5-6-7-8-9-20-10-12-22(13-11-20)26-27-18-23(19-28-26)21-14-16-24(17-15-21)30-25(29)4-2/h10-19H,3-9H2,1-2H3. The first-order valence-corrected chi connectivity index (χ1v) is 10.9. The van der Waals surface area contributed by atoms with Crippen LogP contribution in [-0.4, -0.2) is 15.9 Å². The Morgan fingerprint density at radius 3 is 2.03 bits per heavy atom. The fraction of sp³-hybridized carbons (Fsp3) is 0.346. The Bertz CT molecular complexity index is 917. The lowest BCUT2D eigenvalue weighted by atomic mass is 10.0. The molecule has 0 saturated carbocycles. The topological polar surface area (TPSA) is 52.1 Å². The molecular formula is C26H30N2O2. The van der Waals surface area contributed by atoms with Gasteiger partial charge in [0, 0.05) is 29.9 Å². The molecule has 4 heteroatoms. The molecule has 156 valence electrons. The Balaban J connectivity index is 1.59. The van der Waals surface area contributed by atoms with Crippen LogP contribution < -0.4 is 4.74 Å². The van der Waals surface area contributed by atoms with Gasteiger partial charge < -0.3 is 4.74 Å². The first-order chi connectivity index (χ1) is 14.7. The molecule has 0 saturated heterocycles. The zero-order valence-corrected chi connectivity index (χ0v) is 17.9. The van der Waals surface area contributed by atoms with Crippen molar-refractivity contribution >= 4 is 5.97 Å². The van der Waals surface area contributed by atoms with Crippen LogP contribution >= 0.6 is 0 Å². The molecule has 1 aromatic heterocycles. The van der Waals surface area contributed by atoms with Crippen molar-refractivity contribution in [2.45, 2.75) is 58.8 Å². The minimum Gasteiger partial charge on any atom is -0.427 e. The molecule has 1 heterocycles. The molecule has 0 unspecified atom stereocenters. The van der Waals surface area contributed by atoms with E-state index in [1.165, 1.54) is 37.7 Å². The monoisotopic (exact) mass is 402 g/mol. The second-order valence-corrected chi connectivity index (χ2v) is 7.51. The van der Waals surface area contributed by atoms with Crippen LogP contribution in [0.3, 0.4) is 0 Å². The van der Waals surface area contributed by atoms with Crippen molar-refractivity contribution in [2.24, 2.45) is 0 Å². The van der Waals surface area contributed by atoms with Crippen LogP contribution in [0.15, 0.2) is 60.9 Å². The number of benzene rings is 2. The van der Waals surface area contributed by atoms with Crippen molar-refractivity contribution in [3.8, 4) is 28.3 Å². The van der Waals surface area contributed by atoms with E-state index in [0.29, 0.717) is 12.2 Å². The van der Waals surface area contributed by atoms with Gasteiger partial charge in [-0.25, -0.2) is 9.97 Å². The third kappa shape index (κ3) is 6.24. The van der Waals surface area contributed by atoms with Crippen molar-refractivity contribution in [3.05, 3.63) is 66.5 Å². The highest BCUT2D eigenvalue weighted by Gasteiger charge is 2.06. The molecule has 0 bridgehead atoms. The predicted octanol–water partition coefficient (Wildman–Crippen LogP) is 6.64. The maximum Gasteiger partial charge on any atom is 0.310 e. The molecule has 0 amide bonds. The van der Waals surface area contributed by atoms with E-state index in [1.807, 2.05) is 24.5 Å². The van der Waals surface area contributed by atoms with Gasteiger partial charge >= 0.3 is 5.97 Å². The molecule has 0 aliphatic rings. The number of unbranched alkanes of at least 4 members (excludes halogenated alkanes) is 4. The lowest BCUT2D eigenvalue weighted by Gasteiger charge is -2.06. The summed E-state index contributed by atoms with van der Waals surface area (Å²) < 4.78 is 5.21. The van der Waals surface area contributed by atoms with Crippen LogP contribution in [0.25, 0.3) is 22.5 Å². The third-order valence-corrected chi connectivity index (χ3v) is 5.14. The van der Waals surface area contributed by atoms with Gasteiger partial charge in [0.25, 0.3) is 0 Å². The summed E-state index contributed by atoms with van der Waals surface area (Å²) in [6.07, 6.45) is 11.7. The average molecular weight is 403 g/mol. The predicted molar refractivity (Wildman–Crippen MR) is 121 cm³/mol. The number of aryl methyl sites for hydroxylation is 1. The quantitative estimate of drug-likeness (QED) is 0.217. The fourth-order valence-corrected chi connectivity index (χ4v) is 3.30. The van der Waals surface area contributed by atoms with Crippen LogP contribution in [-0.2, 0) is 11.2 Å². The number of hydrogen-bond acceptors (Lipinski definition) is 4. The molecule has 0 radical (unpaired) electrons. The number of carbonyl (C=O) groups is 1. The smallest absolute Gasteiger partial charge is 0.310 e. The Morgan fingerprint density at radius 1 is 0.767 bits per heavy atom. The van der Waals surface area contributed by atoms with E-state index < -0.39 is 0 Å². The van der Waals surface area contributed by atoms with Gasteiger partial charge in [0.1, 0.15) is 5.75 Å². The van der Waals surface area contributed by atoms with Gasteiger partial charge in [0.05, 0.1) is 0 Å². The van der Waals surface area contributed by atoms with Gasteiger partial charge in [-0.3, -0.25) is 4.79 Å². The highest BCUT2D eigenvalue weighted by molar-refractivity contribution is 5.72. The maximum atomic E-state index is 11.4. The minimum atomic E-state index is -0.238. The molecule has 0 atom stereocenters. The summed E-state index contributed by atoms with van der Waals surface area (Å²) >= 11 is 0. The largest absolute Gasteiger partial charge is 0.427 e. The summed E-state index contributed by atoms with van der Waals surface area (Å²) in [6.45, 7) is 4.02. The number of esters is 1. The zero-order valence-electron chi connectivity index (χ0n) is 17.9. The van der Waals surface area contributed by atoms with E-state index in [2.05, 4.69) is 41.2 Å². The fourth-order valence-electron chi connectivity index (χ4n) is 3.30. The molecule has 0 aliphatic heterocycles. The van der Waals surface area contributed by atoms with E-state index in [-0.39, 0.29) is 5.97 Å². The molecule has 0 spiro atoms. The van der Waals surface area contributed by atoms with E-state index in [0.717, 1.165) is 28.9 Å². The summed E-state index contributed by atoms with van der Waals surface area (Å²) in [7, 11) is 0. The second-order valence-electron chi connectivity index (χ2n) is 7.51. The minimum absolute atomic E-state index is 0.238. The zero-order chi connectivity index (χ0) is 21.2. The number of aromatic nitrogens is 2. The average Bonchev–Trinajstić information content (AvgIpc) is 2.80. The van der Waals surface area contributed by atoms with Crippen LogP contribution in [0, 0.1) is 0 Å². The number of ether oxygens (including phenoxy) is 1. The van der Waals surface area contributed by atoms with Crippen molar-refractivity contribution in [1.29, 1.82) is 0 Å². The van der Waals surface area contributed by atoms with Gasteiger partial charge in [-0.2, -0.15) is 0 Å². The molecule has 4 nitrogen and oxygen atoms in total. The van der Waals surface area contributed by atoms with Gasteiger partial charge in [0.15, 0.2) is 5.82 Å². The van der Waals surface area contributed by atoms with Crippen LogP contribution in [0.5, 0.6) is 5.75 Å². The first-order valence-electron chi connectivity index (χ1n) is 10.9. The van der Waals surface area contributed by atoms with E-state index in [4.69, 9.17) is 4.74 Å². The second kappa shape index (κ2) is 11.2. The Labute approximate surface area is 179 Å². The van der Waals surface area contributed by atoms with Gasteiger partial charge in [-0.05, 0) is 36.1 Å². The third-order valence-electron chi connectivity index (χ3n) is 5.14.